The summed E-state index contributed by atoms with van der Waals surface area (Å²) in [5, 5.41) is 11.5. The van der Waals surface area contributed by atoms with Crippen molar-refractivity contribution in [3.05, 3.63) is 0 Å². The Morgan fingerprint density at radius 3 is 2.15 bits per heavy atom. The number of ether oxygens (including phenoxy) is 4. The van der Waals surface area contributed by atoms with Gasteiger partial charge in [0.05, 0.1) is 52.8 Å². The molecule has 0 aromatic heterocycles. The first kappa shape index (κ1) is 24.6. The molecule has 0 fully saturated rings. The van der Waals surface area contributed by atoms with Crippen molar-refractivity contribution < 1.29 is 28.8 Å². The van der Waals surface area contributed by atoms with Gasteiger partial charge in [-0.05, 0) is 20.8 Å². The number of aliphatic hydroxyl groups is 1. The van der Waals surface area contributed by atoms with Gasteiger partial charge in [-0.2, -0.15) is 0 Å². The van der Waals surface area contributed by atoms with E-state index in [1.54, 1.807) is 0 Å². The second-order valence-corrected chi connectivity index (χ2v) is 6.47. The molecule has 0 spiro atoms. The number of carbonyl (C=O) groups is 1. The highest BCUT2D eigenvalue weighted by Gasteiger charge is 2.15. The maximum Gasteiger partial charge on any atom is 0.407 e. The van der Waals surface area contributed by atoms with Crippen LogP contribution in [0.5, 0.6) is 0 Å². The molecule has 0 rings (SSSR count). The Bertz CT molecular complexity index is 392. The molecule has 8 heteroatoms. The molecule has 0 aliphatic heterocycles. The van der Waals surface area contributed by atoms with Crippen molar-refractivity contribution >= 4 is 6.09 Å². The van der Waals surface area contributed by atoms with Gasteiger partial charge in [-0.1, -0.05) is 5.92 Å². The Kier molecular flexibility index (Phi) is 15.0. The SMILES string of the molecule is C#CCN(CCO)CCOCCOCCOCCNC(=O)OC(C)(C)C. The van der Waals surface area contributed by atoms with Crippen molar-refractivity contribution in [1.82, 2.24) is 10.2 Å². The van der Waals surface area contributed by atoms with Gasteiger partial charge >= 0.3 is 6.09 Å². The zero-order chi connectivity index (χ0) is 19.7. The summed E-state index contributed by atoms with van der Waals surface area (Å²) in [7, 11) is 0. The lowest BCUT2D eigenvalue weighted by Gasteiger charge is -2.19. The van der Waals surface area contributed by atoms with Gasteiger partial charge in [0, 0.05) is 19.6 Å². The smallest absolute Gasteiger partial charge is 0.407 e. The molecular formula is C18H34N2O6. The molecule has 0 unspecified atom stereocenters. The summed E-state index contributed by atoms with van der Waals surface area (Å²) in [5.41, 5.74) is -0.501. The molecule has 26 heavy (non-hydrogen) atoms. The molecule has 0 radical (unpaired) electrons. The first-order valence-corrected chi connectivity index (χ1v) is 8.86. The van der Waals surface area contributed by atoms with E-state index in [0.29, 0.717) is 65.8 Å². The molecule has 0 saturated heterocycles. The van der Waals surface area contributed by atoms with E-state index in [2.05, 4.69) is 11.2 Å². The number of hydrogen-bond acceptors (Lipinski definition) is 7. The van der Waals surface area contributed by atoms with E-state index in [4.69, 9.17) is 30.5 Å². The minimum Gasteiger partial charge on any atom is -0.444 e. The molecule has 0 atom stereocenters. The Morgan fingerprint density at radius 2 is 1.62 bits per heavy atom. The molecule has 0 saturated carbocycles. The van der Waals surface area contributed by atoms with Crippen LogP contribution in [0, 0.1) is 12.3 Å². The molecule has 0 heterocycles. The molecular weight excluding hydrogens is 340 g/mol. The van der Waals surface area contributed by atoms with E-state index in [1.807, 2.05) is 25.7 Å². The van der Waals surface area contributed by atoms with Crippen molar-refractivity contribution in [2.24, 2.45) is 0 Å². The van der Waals surface area contributed by atoms with Gasteiger partial charge in [0.2, 0.25) is 0 Å². The summed E-state index contributed by atoms with van der Waals surface area (Å²) in [6.45, 7) is 10.4. The van der Waals surface area contributed by atoms with Crippen LogP contribution in [0.25, 0.3) is 0 Å². The molecule has 2 N–H and O–H groups in total. The van der Waals surface area contributed by atoms with E-state index >= 15 is 0 Å². The zero-order valence-corrected chi connectivity index (χ0v) is 16.3. The number of terminal acetylenes is 1. The molecule has 0 aromatic carbocycles. The van der Waals surface area contributed by atoms with E-state index < -0.39 is 11.7 Å². The highest BCUT2D eigenvalue weighted by Crippen LogP contribution is 2.05. The maximum absolute atomic E-state index is 11.4. The van der Waals surface area contributed by atoms with E-state index in [1.165, 1.54) is 0 Å². The zero-order valence-electron chi connectivity index (χ0n) is 16.3. The van der Waals surface area contributed by atoms with Crippen LogP contribution in [0.4, 0.5) is 4.79 Å². The third kappa shape index (κ3) is 17.5. The van der Waals surface area contributed by atoms with Gasteiger partial charge < -0.3 is 29.4 Å². The highest BCUT2D eigenvalue weighted by atomic mass is 16.6. The molecule has 8 nitrogen and oxygen atoms in total. The number of carbonyl (C=O) groups excluding carboxylic acids is 1. The number of hydrogen-bond donors (Lipinski definition) is 2. The molecule has 1 amide bonds. The lowest BCUT2D eigenvalue weighted by Crippen LogP contribution is -2.34. The van der Waals surface area contributed by atoms with E-state index in [-0.39, 0.29) is 6.61 Å². The minimum atomic E-state index is -0.501. The van der Waals surface area contributed by atoms with Crippen molar-refractivity contribution in [2.45, 2.75) is 26.4 Å². The number of nitrogens with zero attached hydrogens (tertiary/aromatic N) is 1. The highest BCUT2D eigenvalue weighted by molar-refractivity contribution is 5.67. The molecule has 0 aliphatic rings. The molecule has 0 bridgehead atoms. The summed E-state index contributed by atoms with van der Waals surface area (Å²) in [4.78, 5) is 13.3. The van der Waals surface area contributed by atoms with Crippen LogP contribution in [0.3, 0.4) is 0 Å². The number of nitrogens with one attached hydrogen (secondary N) is 1. The van der Waals surface area contributed by atoms with E-state index in [0.717, 1.165) is 0 Å². The van der Waals surface area contributed by atoms with Crippen LogP contribution in [-0.4, -0.2) is 94.1 Å². The van der Waals surface area contributed by atoms with Gasteiger partial charge in [-0.25, -0.2) is 4.79 Å². The third-order valence-electron chi connectivity index (χ3n) is 2.94. The number of amides is 1. The van der Waals surface area contributed by atoms with Crippen LogP contribution in [0.15, 0.2) is 0 Å². The summed E-state index contributed by atoms with van der Waals surface area (Å²) < 4.78 is 21.3. The molecule has 0 aromatic rings. The second kappa shape index (κ2) is 15.9. The van der Waals surface area contributed by atoms with Crippen LogP contribution < -0.4 is 5.32 Å². The Labute approximate surface area is 157 Å². The van der Waals surface area contributed by atoms with Crippen molar-refractivity contribution in [3.63, 3.8) is 0 Å². The standard InChI is InChI=1S/C18H34N2O6/c1-5-7-20(8-10-21)9-12-24-14-16-25-15-13-23-11-6-19-17(22)26-18(2,3)4/h1,21H,6-16H2,2-4H3,(H,19,22). The van der Waals surface area contributed by atoms with Crippen LogP contribution in [0.1, 0.15) is 20.8 Å². The van der Waals surface area contributed by atoms with Gasteiger partial charge in [-0.3, -0.25) is 4.90 Å². The number of aliphatic hydroxyl groups excluding tert-OH is 1. The maximum atomic E-state index is 11.4. The van der Waals surface area contributed by atoms with Crippen molar-refractivity contribution in [3.8, 4) is 12.3 Å². The van der Waals surface area contributed by atoms with E-state index in [9.17, 15) is 4.79 Å². The number of rotatable bonds is 15. The predicted octanol–water partition coefficient (Wildman–Crippen LogP) is 0.488. The summed E-state index contributed by atoms with van der Waals surface area (Å²) in [5.74, 6) is 2.55. The Hall–Kier alpha value is -1.37. The monoisotopic (exact) mass is 374 g/mol. The largest absolute Gasteiger partial charge is 0.444 e. The van der Waals surface area contributed by atoms with Gasteiger partial charge in [-0.15, -0.1) is 6.42 Å². The number of alkyl carbamates (subject to hydrolysis) is 1. The van der Waals surface area contributed by atoms with Gasteiger partial charge in [0.25, 0.3) is 0 Å². The van der Waals surface area contributed by atoms with Crippen LogP contribution in [-0.2, 0) is 18.9 Å². The summed E-state index contributed by atoms with van der Waals surface area (Å²) in [6.07, 6.45) is 4.80. The molecule has 0 aliphatic carbocycles. The average Bonchev–Trinajstić information content (AvgIpc) is 2.54. The third-order valence-corrected chi connectivity index (χ3v) is 2.94. The van der Waals surface area contributed by atoms with Gasteiger partial charge in [0.1, 0.15) is 5.60 Å². The topological polar surface area (TPSA) is 89.5 Å². The second-order valence-electron chi connectivity index (χ2n) is 6.47. The summed E-state index contributed by atoms with van der Waals surface area (Å²) in [6, 6.07) is 0. The lowest BCUT2D eigenvalue weighted by molar-refractivity contribution is 0.0102. The first-order valence-electron chi connectivity index (χ1n) is 8.86. The first-order chi connectivity index (χ1) is 12.4. The summed E-state index contributed by atoms with van der Waals surface area (Å²) >= 11 is 0. The molecule has 152 valence electrons. The van der Waals surface area contributed by atoms with Crippen molar-refractivity contribution in [2.75, 3.05) is 72.4 Å². The van der Waals surface area contributed by atoms with Crippen LogP contribution in [0.2, 0.25) is 0 Å². The Balaban J connectivity index is 3.34. The van der Waals surface area contributed by atoms with Crippen LogP contribution >= 0.6 is 0 Å². The quantitative estimate of drug-likeness (QED) is 0.318. The fraction of sp³-hybridized carbons (Fsp3) is 0.833. The minimum absolute atomic E-state index is 0.0814. The predicted molar refractivity (Wildman–Crippen MR) is 99.1 cm³/mol. The fourth-order valence-electron chi connectivity index (χ4n) is 1.82. The lowest BCUT2D eigenvalue weighted by atomic mass is 10.2. The van der Waals surface area contributed by atoms with Crippen molar-refractivity contribution in [1.29, 1.82) is 0 Å². The Morgan fingerprint density at radius 1 is 1.04 bits per heavy atom. The van der Waals surface area contributed by atoms with Gasteiger partial charge in [0.15, 0.2) is 0 Å². The normalized spacial score (nSPS) is 11.4. The average molecular weight is 374 g/mol. The fourth-order valence-corrected chi connectivity index (χ4v) is 1.82.